The third-order valence-electron chi connectivity index (χ3n) is 4.89. The first-order chi connectivity index (χ1) is 14.2. The van der Waals surface area contributed by atoms with E-state index in [1.54, 1.807) is 6.07 Å². The van der Waals surface area contributed by atoms with Crippen molar-refractivity contribution >= 4 is 16.8 Å². The number of rotatable bonds is 8. The summed E-state index contributed by atoms with van der Waals surface area (Å²) >= 11 is 0. The van der Waals surface area contributed by atoms with Crippen molar-refractivity contribution in [3.63, 3.8) is 0 Å². The van der Waals surface area contributed by atoms with Crippen LogP contribution in [0.4, 0.5) is 0 Å². The summed E-state index contributed by atoms with van der Waals surface area (Å²) in [7, 11) is 0. The van der Waals surface area contributed by atoms with E-state index in [0.717, 1.165) is 41.7 Å². The van der Waals surface area contributed by atoms with Gasteiger partial charge in [0.1, 0.15) is 6.61 Å². The Balaban J connectivity index is 1.38. The molecule has 3 aromatic rings. The number of hydrogen-bond acceptors (Lipinski definition) is 5. The number of carbonyl (C=O) groups is 1. The van der Waals surface area contributed by atoms with E-state index >= 15 is 0 Å². The van der Waals surface area contributed by atoms with Gasteiger partial charge in [-0.1, -0.05) is 12.1 Å². The van der Waals surface area contributed by atoms with E-state index in [2.05, 4.69) is 10.4 Å². The lowest BCUT2D eigenvalue weighted by Crippen LogP contribution is -2.33. The number of amides is 1. The molecule has 1 aliphatic rings. The lowest BCUT2D eigenvalue weighted by molar-refractivity contribution is 0.0760. The van der Waals surface area contributed by atoms with Crippen LogP contribution < -0.4 is 14.8 Å². The molecule has 4 rings (SSSR count). The third-order valence-corrected chi connectivity index (χ3v) is 4.89. The maximum atomic E-state index is 12.3. The molecule has 2 N–H and O–H groups in total. The molecule has 0 spiro atoms. The van der Waals surface area contributed by atoms with E-state index < -0.39 is 0 Å². The fourth-order valence-electron chi connectivity index (χ4n) is 3.39. The average Bonchev–Trinajstić information content (AvgIpc) is 3.14. The second kappa shape index (κ2) is 8.96. The maximum Gasteiger partial charge on any atom is 0.251 e. The molecule has 29 heavy (non-hydrogen) atoms. The largest absolute Gasteiger partial charge is 0.486 e. The Kier molecular flexibility index (Phi) is 5.95. The zero-order chi connectivity index (χ0) is 20.1. The third kappa shape index (κ3) is 4.68. The number of hydrogen-bond donors (Lipinski definition) is 2. The number of aromatic nitrogens is 2. The molecule has 0 saturated carbocycles. The fourth-order valence-corrected chi connectivity index (χ4v) is 3.39. The van der Waals surface area contributed by atoms with Crippen LogP contribution >= 0.6 is 0 Å². The minimum Gasteiger partial charge on any atom is -0.486 e. The number of ether oxygens (including phenoxy) is 2. The van der Waals surface area contributed by atoms with E-state index in [1.165, 1.54) is 0 Å². The van der Waals surface area contributed by atoms with Gasteiger partial charge in [0.25, 0.3) is 5.91 Å². The van der Waals surface area contributed by atoms with E-state index in [9.17, 15) is 4.79 Å². The number of para-hydroxylation sites is 2. The van der Waals surface area contributed by atoms with Gasteiger partial charge in [-0.2, -0.15) is 5.10 Å². The number of nitrogens with zero attached hydrogens (tertiary/aromatic N) is 2. The molecular formula is C22H25N3O4. The lowest BCUT2D eigenvalue weighted by atomic mass is 10.1. The van der Waals surface area contributed by atoms with Crippen molar-refractivity contribution in [2.75, 3.05) is 19.8 Å². The van der Waals surface area contributed by atoms with Crippen LogP contribution in [-0.4, -0.2) is 46.7 Å². The monoisotopic (exact) mass is 395 g/mol. The molecule has 2 aromatic carbocycles. The first kappa shape index (κ1) is 19.3. The summed E-state index contributed by atoms with van der Waals surface area (Å²) in [6.07, 6.45) is 4.33. The molecule has 1 aliphatic heterocycles. The molecular weight excluding hydrogens is 370 g/mol. The Morgan fingerprint density at radius 3 is 2.90 bits per heavy atom. The highest BCUT2D eigenvalue weighted by atomic mass is 16.6. The van der Waals surface area contributed by atoms with Crippen molar-refractivity contribution in [2.24, 2.45) is 0 Å². The van der Waals surface area contributed by atoms with Crippen LogP contribution in [-0.2, 0) is 6.54 Å². The highest BCUT2D eigenvalue weighted by Crippen LogP contribution is 2.31. The quantitative estimate of drug-likeness (QED) is 0.573. The summed E-state index contributed by atoms with van der Waals surface area (Å²) in [5, 5.41) is 17.2. The zero-order valence-corrected chi connectivity index (χ0v) is 16.2. The average molecular weight is 395 g/mol. The number of aliphatic hydroxyl groups is 1. The molecule has 2 heterocycles. The maximum absolute atomic E-state index is 12.3. The second-order valence-electron chi connectivity index (χ2n) is 7.16. The van der Waals surface area contributed by atoms with E-state index in [4.69, 9.17) is 14.6 Å². The number of benzene rings is 2. The molecule has 0 fully saturated rings. The van der Waals surface area contributed by atoms with Crippen molar-refractivity contribution in [1.29, 1.82) is 0 Å². The van der Waals surface area contributed by atoms with Gasteiger partial charge in [0.2, 0.25) is 0 Å². The Morgan fingerprint density at radius 1 is 1.17 bits per heavy atom. The van der Waals surface area contributed by atoms with Gasteiger partial charge in [-0.25, -0.2) is 0 Å². The van der Waals surface area contributed by atoms with Gasteiger partial charge >= 0.3 is 0 Å². The van der Waals surface area contributed by atoms with Crippen molar-refractivity contribution in [2.45, 2.75) is 31.9 Å². The summed E-state index contributed by atoms with van der Waals surface area (Å²) in [5.74, 6) is 1.42. The predicted octanol–water partition coefficient (Wildman–Crippen LogP) is 2.77. The van der Waals surface area contributed by atoms with Gasteiger partial charge in [-0.05, 0) is 49.6 Å². The minimum atomic E-state index is -0.124. The second-order valence-corrected chi connectivity index (χ2v) is 7.16. The zero-order valence-electron chi connectivity index (χ0n) is 16.2. The number of unbranched alkanes of at least 4 members (excludes halogenated alkanes) is 2. The molecule has 0 bridgehead atoms. The van der Waals surface area contributed by atoms with Crippen LogP contribution in [0.15, 0.2) is 48.7 Å². The van der Waals surface area contributed by atoms with Crippen molar-refractivity contribution in [3.05, 3.63) is 54.2 Å². The topological polar surface area (TPSA) is 85.6 Å². The van der Waals surface area contributed by atoms with Gasteiger partial charge in [0, 0.05) is 30.3 Å². The highest BCUT2D eigenvalue weighted by molar-refractivity contribution is 5.97. The van der Waals surface area contributed by atoms with Crippen LogP contribution in [0.5, 0.6) is 11.5 Å². The van der Waals surface area contributed by atoms with Crippen LogP contribution in [0.2, 0.25) is 0 Å². The molecule has 0 aliphatic carbocycles. The summed E-state index contributed by atoms with van der Waals surface area (Å²) in [5.41, 5.74) is 1.45. The molecule has 152 valence electrons. The SMILES string of the molecule is O=C(NCCCCCO)c1ccc2nn(CC3COc4ccccc4O3)cc2c1. The van der Waals surface area contributed by atoms with Gasteiger partial charge in [0.05, 0.1) is 12.1 Å². The summed E-state index contributed by atoms with van der Waals surface area (Å²) in [6.45, 7) is 1.84. The number of aliphatic hydroxyl groups excluding tert-OH is 1. The highest BCUT2D eigenvalue weighted by Gasteiger charge is 2.21. The van der Waals surface area contributed by atoms with Crippen molar-refractivity contribution < 1.29 is 19.4 Å². The molecule has 1 aromatic heterocycles. The number of fused-ring (bicyclic) bond motifs is 2. The van der Waals surface area contributed by atoms with E-state index in [-0.39, 0.29) is 18.6 Å². The van der Waals surface area contributed by atoms with Crippen LogP contribution in [0.3, 0.4) is 0 Å². The first-order valence-corrected chi connectivity index (χ1v) is 9.98. The number of carbonyl (C=O) groups excluding carboxylic acids is 1. The minimum absolute atomic E-state index is 0.0933. The normalized spacial score (nSPS) is 15.4. The molecule has 7 nitrogen and oxygen atoms in total. The molecule has 1 amide bonds. The van der Waals surface area contributed by atoms with Gasteiger partial charge < -0.3 is 19.9 Å². The van der Waals surface area contributed by atoms with Crippen LogP contribution in [0.1, 0.15) is 29.6 Å². The van der Waals surface area contributed by atoms with E-state index in [1.807, 2.05) is 47.3 Å². The van der Waals surface area contributed by atoms with E-state index in [0.29, 0.717) is 25.3 Å². The predicted molar refractivity (Wildman–Crippen MR) is 109 cm³/mol. The summed E-state index contributed by atoms with van der Waals surface area (Å²) < 4.78 is 13.6. The molecule has 0 radical (unpaired) electrons. The van der Waals surface area contributed by atoms with Crippen LogP contribution in [0.25, 0.3) is 10.9 Å². The summed E-state index contributed by atoms with van der Waals surface area (Å²) in [4.78, 5) is 12.3. The van der Waals surface area contributed by atoms with Gasteiger partial charge in [0.15, 0.2) is 17.6 Å². The first-order valence-electron chi connectivity index (χ1n) is 9.98. The molecule has 7 heteroatoms. The van der Waals surface area contributed by atoms with Gasteiger partial charge in [-0.3, -0.25) is 9.48 Å². The fraction of sp³-hybridized carbons (Fsp3) is 0.364. The smallest absolute Gasteiger partial charge is 0.251 e. The Labute approximate surface area is 169 Å². The van der Waals surface area contributed by atoms with Gasteiger partial charge in [-0.15, -0.1) is 0 Å². The van der Waals surface area contributed by atoms with Crippen molar-refractivity contribution in [1.82, 2.24) is 15.1 Å². The number of nitrogens with one attached hydrogen (secondary N) is 1. The van der Waals surface area contributed by atoms with Crippen molar-refractivity contribution in [3.8, 4) is 11.5 Å². The Bertz CT molecular complexity index is 985. The standard InChI is InChI=1S/C22H25N3O4/c26-11-5-1-4-10-23-22(27)16-8-9-19-17(12-16)13-25(24-19)14-18-15-28-20-6-2-3-7-21(20)29-18/h2-3,6-9,12-13,18,26H,1,4-5,10-11,14-15H2,(H,23,27). The molecule has 1 unspecified atom stereocenters. The lowest BCUT2D eigenvalue weighted by Gasteiger charge is -2.26. The summed E-state index contributed by atoms with van der Waals surface area (Å²) in [6, 6.07) is 13.1. The Morgan fingerprint density at radius 2 is 2.03 bits per heavy atom. The molecule has 1 atom stereocenters. The van der Waals surface area contributed by atoms with Crippen LogP contribution in [0, 0.1) is 0 Å². The molecule has 0 saturated heterocycles. The Hall–Kier alpha value is -3.06.